The topological polar surface area (TPSA) is 112 Å². The summed E-state index contributed by atoms with van der Waals surface area (Å²) < 4.78 is 28.2. The minimum Gasteiger partial charge on any atom is -0.343 e. The quantitative estimate of drug-likeness (QED) is 0.738. The number of anilines is 1. The fraction of sp³-hybridized carbons (Fsp3) is 0.545. The van der Waals surface area contributed by atoms with Gasteiger partial charge in [-0.25, -0.2) is 23.1 Å². The van der Waals surface area contributed by atoms with Crippen molar-refractivity contribution in [2.75, 3.05) is 4.90 Å². The van der Waals surface area contributed by atoms with Crippen molar-refractivity contribution in [3.05, 3.63) is 41.6 Å². The summed E-state index contributed by atoms with van der Waals surface area (Å²) in [5.41, 5.74) is 1.51. The van der Waals surface area contributed by atoms with Crippen LogP contribution in [0.3, 0.4) is 0 Å². The molecule has 2 aromatic heterocycles. The summed E-state index contributed by atoms with van der Waals surface area (Å²) in [5.74, 6) is 1.47. The molecule has 2 aliphatic carbocycles. The molecule has 5 rings (SSSR count). The second-order valence-corrected chi connectivity index (χ2v) is 10.6. The van der Waals surface area contributed by atoms with Crippen molar-refractivity contribution in [1.82, 2.24) is 19.7 Å². The third-order valence-electron chi connectivity index (χ3n) is 6.76. The van der Waals surface area contributed by atoms with Crippen molar-refractivity contribution < 1.29 is 8.42 Å². The molecule has 2 aromatic rings. The Morgan fingerprint density at radius 2 is 1.97 bits per heavy atom. The zero-order chi connectivity index (χ0) is 21.8. The molecular weight excluding hydrogens is 412 g/mol. The highest BCUT2D eigenvalue weighted by molar-refractivity contribution is 7.89. The molecule has 3 aliphatic rings. The predicted octanol–water partition coefficient (Wildman–Crippen LogP) is 2.98. The van der Waals surface area contributed by atoms with Gasteiger partial charge in [-0.2, -0.15) is 5.26 Å². The molecule has 2 saturated carbocycles. The van der Waals surface area contributed by atoms with E-state index < -0.39 is 15.9 Å². The molecule has 3 atom stereocenters. The highest BCUT2D eigenvalue weighted by Crippen LogP contribution is 2.50. The molecule has 2 fully saturated rings. The van der Waals surface area contributed by atoms with Crippen LogP contribution < -0.4 is 9.62 Å². The van der Waals surface area contributed by atoms with Crippen LogP contribution in [0.5, 0.6) is 0 Å². The van der Waals surface area contributed by atoms with Crippen LogP contribution in [0.25, 0.3) is 0 Å². The summed E-state index contributed by atoms with van der Waals surface area (Å²) in [6, 6.07) is 5.69. The van der Waals surface area contributed by atoms with Crippen LogP contribution in [0, 0.1) is 24.2 Å². The third-order valence-corrected chi connectivity index (χ3v) is 8.31. The first-order valence-corrected chi connectivity index (χ1v) is 12.4. The number of fused-ring (bicyclic) bond motifs is 1. The summed E-state index contributed by atoms with van der Waals surface area (Å²) in [6.45, 7) is 3.76. The molecular formula is C22H26N6O2S. The van der Waals surface area contributed by atoms with Crippen LogP contribution in [0.2, 0.25) is 0 Å². The first-order chi connectivity index (χ1) is 14.9. The summed E-state index contributed by atoms with van der Waals surface area (Å²) in [4.78, 5) is 15.9. The van der Waals surface area contributed by atoms with E-state index in [9.17, 15) is 13.7 Å². The summed E-state index contributed by atoms with van der Waals surface area (Å²) in [5, 5.41) is 9.98. The normalized spacial score (nSPS) is 24.4. The number of sulfonamides is 1. The summed E-state index contributed by atoms with van der Waals surface area (Å²) in [7, 11) is -3.62. The molecule has 8 nitrogen and oxygen atoms in total. The highest BCUT2D eigenvalue weighted by atomic mass is 32.2. The van der Waals surface area contributed by atoms with Gasteiger partial charge in [0.2, 0.25) is 10.0 Å². The zero-order valence-electron chi connectivity index (χ0n) is 17.7. The van der Waals surface area contributed by atoms with Crippen LogP contribution in [0.4, 0.5) is 5.82 Å². The number of hydrogen-bond donors (Lipinski definition) is 1. The second kappa shape index (κ2) is 7.53. The van der Waals surface area contributed by atoms with Crippen LogP contribution in [0.15, 0.2) is 29.4 Å². The van der Waals surface area contributed by atoms with Crippen LogP contribution in [-0.2, 0) is 10.0 Å². The first kappa shape index (κ1) is 20.3. The minimum absolute atomic E-state index is 0.0760. The summed E-state index contributed by atoms with van der Waals surface area (Å²) in [6.07, 6.45) is 8.54. The van der Waals surface area contributed by atoms with E-state index in [0.717, 1.165) is 43.5 Å². The standard InChI is InChI=1S/C22H26N6O2S/c1-13(15-6-7-15)27-31(29,30)17-8-9-20(25-11-17)21-18(10-23)19-12-24-14(2)26-22(19)28(21)16-4-3-5-16/h8-9,11-13,15-16,18,21,27H,3-7H2,1-2H3/t13-,18?,21?/m0/s1. The molecule has 1 N–H and O–H groups in total. The number of aromatic nitrogens is 3. The number of hydrogen-bond acceptors (Lipinski definition) is 7. The van der Waals surface area contributed by atoms with Crippen LogP contribution in [0.1, 0.15) is 68.1 Å². The van der Waals surface area contributed by atoms with E-state index >= 15 is 0 Å². The Bertz CT molecular complexity index is 1140. The first-order valence-electron chi connectivity index (χ1n) is 10.9. The van der Waals surface area contributed by atoms with Gasteiger partial charge in [-0.05, 0) is 64.0 Å². The zero-order valence-corrected chi connectivity index (χ0v) is 18.5. The van der Waals surface area contributed by atoms with Gasteiger partial charge in [0.1, 0.15) is 22.5 Å². The van der Waals surface area contributed by atoms with Crippen molar-refractivity contribution in [3.63, 3.8) is 0 Å². The highest BCUT2D eigenvalue weighted by Gasteiger charge is 2.46. The molecule has 0 bridgehead atoms. The number of pyridine rings is 1. The minimum atomic E-state index is -3.62. The molecule has 0 saturated heterocycles. The average molecular weight is 439 g/mol. The van der Waals surface area contributed by atoms with Gasteiger partial charge in [0.05, 0.1) is 17.8 Å². The molecule has 162 valence electrons. The smallest absolute Gasteiger partial charge is 0.242 e. The Balaban J connectivity index is 1.47. The van der Waals surface area contributed by atoms with Gasteiger partial charge >= 0.3 is 0 Å². The number of rotatable bonds is 6. The molecule has 31 heavy (non-hydrogen) atoms. The van der Waals surface area contributed by atoms with Crippen molar-refractivity contribution in [3.8, 4) is 6.07 Å². The van der Waals surface area contributed by atoms with E-state index in [1.807, 2.05) is 13.8 Å². The van der Waals surface area contributed by atoms with E-state index in [1.165, 1.54) is 6.20 Å². The fourth-order valence-electron chi connectivity index (χ4n) is 4.61. The average Bonchev–Trinajstić information content (AvgIpc) is 3.51. The molecule has 2 unspecified atom stereocenters. The van der Waals surface area contributed by atoms with Gasteiger partial charge in [0.25, 0.3) is 0 Å². The molecule has 0 aromatic carbocycles. The van der Waals surface area contributed by atoms with Crippen molar-refractivity contribution in [1.29, 1.82) is 5.26 Å². The lowest BCUT2D eigenvalue weighted by molar-refractivity contribution is 0.359. The lowest BCUT2D eigenvalue weighted by Crippen LogP contribution is -2.42. The third kappa shape index (κ3) is 3.58. The second-order valence-electron chi connectivity index (χ2n) is 8.91. The van der Waals surface area contributed by atoms with E-state index in [1.54, 1.807) is 18.3 Å². The van der Waals surface area contributed by atoms with E-state index in [4.69, 9.17) is 0 Å². The van der Waals surface area contributed by atoms with Crippen LogP contribution >= 0.6 is 0 Å². The number of nitrogens with one attached hydrogen (secondary N) is 1. The number of aryl methyl sites for hydroxylation is 1. The lowest BCUT2D eigenvalue weighted by atomic mass is 9.89. The lowest BCUT2D eigenvalue weighted by Gasteiger charge is -2.40. The molecule has 0 spiro atoms. The Hall–Kier alpha value is -2.57. The monoisotopic (exact) mass is 438 g/mol. The number of nitriles is 1. The van der Waals surface area contributed by atoms with E-state index in [2.05, 4.69) is 30.6 Å². The van der Waals surface area contributed by atoms with Crippen LogP contribution in [-0.4, -0.2) is 35.5 Å². The van der Waals surface area contributed by atoms with Gasteiger partial charge < -0.3 is 4.90 Å². The molecule has 0 radical (unpaired) electrons. The SMILES string of the molecule is Cc1ncc2c(n1)N(C1CCC1)C(c1ccc(S(=O)(=O)N[C@@H](C)C3CC3)cn1)C2C#N. The molecule has 3 heterocycles. The van der Waals surface area contributed by atoms with Gasteiger partial charge in [0.15, 0.2) is 0 Å². The molecule has 9 heteroatoms. The fourth-order valence-corrected chi connectivity index (χ4v) is 5.86. The Kier molecular flexibility index (Phi) is 4.94. The maximum Gasteiger partial charge on any atom is 0.242 e. The van der Waals surface area contributed by atoms with Crippen molar-refractivity contribution in [2.45, 2.75) is 74.9 Å². The number of nitrogens with zero attached hydrogens (tertiary/aromatic N) is 5. The van der Waals surface area contributed by atoms with Crippen molar-refractivity contribution >= 4 is 15.8 Å². The maximum absolute atomic E-state index is 12.7. The van der Waals surface area contributed by atoms with Gasteiger partial charge in [-0.15, -0.1) is 0 Å². The molecule has 0 amide bonds. The van der Waals surface area contributed by atoms with Gasteiger partial charge in [-0.1, -0.05) is 0 Å². The Labute approximate surface area is 182 Å². The molecule has 1 aliphatic heterocycles. The predicted molar refractivity (Wildman–Crippen MR) is 115 cm³/mol. The summed E-state index contributed by atoms with van der Waals surface area (Å²) >= 11 is 0. The van der Waals surface area contributed by atoms with E-state index in [0.29, 0.717) is 23.5 Å². The van der Waals surface area contributed by atoms with Crippen molar-refractivity contribution in [2.24, 2.45) is 5.92 Å². The van der Waals surface area contributed by atoms with Gasteiger partial charge in [0, 0.05) is 30.0 Å². The Morgan fingerprint density at radius 1 is 1.19 bits per heavy atom. The van der Waals surface area contributed by atoms with E-state index in [-0.39, 0.29) is 17.0 Å². The largest absolute Gasteiger partial charge is 0.343 e. The maximum atomic E-state index is 12.7. The van der Waals surface area contributed by atoms with Gasteiger partial charge in [-0.3, -0.25) is 4.98 Å². The Morgan fingerprint density at radius 3 is 2.55 bits per heavy atom.